The van der Waals surface area contributed by atoms with Gasteiger partial charge in [-0.15, -0.1) is 0 Å². The summed E-state index contributed by atoms with van der Waals surface area (Å²) < 4.78 is 0. The minimum absolute atomic E-state index is 0.103. The second-order valence-corrected chi connectivity index (χ2v) is 7.25. The van der Waals surface area contributed by atoms with E-state index in [2.05, 4.69) is 16.0 Å². The molecule has 0 fully saturated rings. The van der Waals surface area contributed by atoms with Gasteiger partial charge in [-0.3, -0.25) is 9.59 Å². The number of aryl methyl sites for hydroxylation is 1. The van der Waals surface area contributed by atoms with E-state index in [-0.39, 0.29) is 18.4 Å². The SMILES string of the molecule is CCc1ccccc1NC(=O)CN(C)C(=O)Nc1cccc(NC(=O)c2ccccc2)c1. The van der Waals surface area contributed by atoms with Gasteiger partial charge < -0.3 is 20.9 Å². The topological polar surface area (TPSA) is 90.5 Å². The summed E-state index contributed by atoms with van der Waals surface area (Å²) in [6, 6.07) is 22.8. The van der Waals surface area contributed by atoms with Crippen LogP contribution in [0.3, 0.4) is 0 Å². The fourth-order valence-corrected chi connectivity index (χ4v) is 3.11. The normalized spacial score (nSPS) is 10.2. The number of amides is 4. The summed E-state index contributed by atoms with van der Waals surface area (Å²) in [5.74, 6) is -0.525. The summed E-state index contributed by atoms with van der Waals surface area (Å²) in [6.07, 6.45) is 0.796. The van der Waals surface area contributed by atoms with Crippen molar-refractivity contribution < 1.29 is 14.4 Å². The van der Waals surface area contributed by atoms with Crippen LogP contribution >= 0.6 is 0 Å². The zero-order valence-electron chi connectivity index (χ0n) is 18.1. The Morgan fingerprint density at radius 2 is 1.44 bits per heavy atom. The number of hydrogen-bond donors (Lipinski definition) is 3. The molecular weight excluding hydrogens is 404 g/mol. The number of nitrogens with zero attached hydrogens (tertiary/aromatic N) is 1. The highest BCUT2D eigenvalue weighted by atomic mass is 16.2. The molecule has 0 spiro atoms. The lowest BCUT2D eigenvalue weighted by Crippen LogP contribution is -2.37. The van der Waals surface area contributed by atoms with Crippen LogP contribution in [0.4, 0.5) is 21.9 Å². The molecule has 0 bridgehead atoms. The molecule has 0 atom stereocenters. The summed E-state index contributed by atoms with van der Waals surface area (Å²) in [5, 5.41) is 8.40. The van der Waals surface area contributed by atoms with Gasteiger partial charge in [0, 0.05) is 29.7 Å². The maximum absolute atomic E-state index is 12.5. The van der Waals surface area contributed by atoms with Crippen molar-refractivity contribution in [2.24, 2.45) is 0 Å². The lowest BCUT2D eigenvalue weighted by molar-refractivity contribution is -0.116. The number of benzene rings is 3. The molecule has 164 valence electrons. The van der Waals surface area contributed by atoms with Gasteiger partial charge in [0.05, 0.1) is 0 Å². The first-order valence-electron chi connectivity index (χ1n) is 10.3. The van der Waals surface area contributed by atoms with Gasteiger partial charge in [-0.25, -0.2) is 4.79 Å². The van der Waals surface area contributed by atoms with Crippen molar-refractivity contribution in [3.05, 3.63) is 90.0 Å². The highest BCUT2D eigenvalue weighted by molar-refractivity contribution is 6.04. The van der Waals surface area contributed by atoms with Crippen LogP contribution in [-0.2, 0) is 11.2 Å². The van der Waals surface area contributed by atoms with Gasteiger partial charge in [-0.05, 0) is 48.4 Å². The van der Waals surface area contributed by atoms with Crippen LogP contribution in [0.5, 0.6) is 0 Å². The lowest BCUT2D eigenvalue weighted by Gasteiger charge is -2.18. The predicted octanol–water partition coefficient (Wildman–Crippen LogP) is 4.60. The molecule has 3 aromatic rings. The van der Waals surface area contributed by atoms with E-state index in [4.69, 9.17) is 0 Å². The number of hydrogen-bond acceptors (Lipinski definition) is 3. The Morgan fingerprint density at radius 1 is 0.781 bits per heavy atom. The summed E-state index contributed by atoms with van der Waals surface area (Å²) in [7, 11) is 1.54. The van der Waals surface area contributed by atoms with E-state index in [1.54, 1.807) is 55.6 Å². The van der Waals surface area contributed by atoms with Gasteiger partial charge in [0.25, 0.3) is 5.91 Å². The molecular formula is C25H26N4O3. The minimum atomic E-state index is -0.435. The Kier molecular flexibility index (Phi) is 7.59. The molecule has 0 aliphatic heterocycles. The average Bonchev–Trinajstić information content (AvgIpc) is 2.80. The van der Waals surface area contributed by atoms with Gasteiger partial charge >= 0.3 is 6.03 Å². The van der Waals surface area contributed by atoms with Crippen molar-refractivity contribution in [1.82, 2.24) is 4.90 Å². The van der Waals surface area contributed by atoms with E-state index in [1.165, 1.54) is 4.90 Å². The highest BCUT2D eigenvalue weighted by Gasteiger charge is 2.14. The number of anilines is 3. The zero-order valence-corrected chi connectivity index (χ0v) is 18.1. The molecule has 3 rings (SSSR count). The van der Waals surface area contributed by atoms with E-state index in [0.29, 0.717) is 16.9 Å². The first-order valence-corrected chi connectivity index (χ1v) is 10.3. The van der Waals surface area contributed by atoms with Crippen molar-refractivity contribution in [2.45, 2.75) is 13.3 Å². The molecule has 0 radical (unpaired) electrons. The quantitative estimate of drug-likeness (QED) is 0.511. The standard InChI is InChI=1S/C25H26N4O3/c1-3-18-10-7-8-15-22(18)28-23(30)17-29(2)25(32)27-21-14-9-13-20(16-21)26-24(31)19-11-5-4-6-12-19/h4-16H,3,17H2,1-2H3,(H,26,31)(H,27,32)(H,28,30). The molecule has 3 N–H and O–H groups in total. The fourth-order valence-electron chi connectivity index (χ4n) is 3.11. The van der Waals surface area contributed by atoms with Crippen LogP contribution in [-0.4, -0.2) is 36.3 Å². The minimum Gasteiger partial charge on any atom is -0.324 e. The smallest absolute Gasteiger partial charge is 0.322 e. The molecule has 0 aliphatic rings. The van der Waals surface area contributed by atoms with Crippen LogP contribution in [0, 0.1) is 0 Å². The molecule has 7 nitrogen and oxygen atoms in total. The number of carbonyl (C=O) groups is 3. The molecule has 7 heteroatoms. The number of rotatable bonds is 7. The van der Waals surface area contributed by atoms with E-state index in [1.807, 2.05) is 37.3 Å². The van der Waals surface area contributed by atoms with Gasteiger partial charge in [0.1, 0.15) is 6.54 Å². The number of carbonyl (C=O) groups excluding carboxylic acids is 3. The van der Waals surface area contributed by atoms with Crippen molar-refractivity contribution in [2.75, 3.05) is 29.5 Å². The summed E-state index contributed by atoms with van der Waals surface area (Å²) >= 11 is 0. The Bertz CT molecular complexity index is 1100. The van der Waals surface area contributed by atoms with Crippen LogP contribution in [0.25, 0.3) is 0 Å². The molecule has 32 heavy (non-hydrogen) atoms. The molecule has 0 aliphatic carbocycles. The van der Waals surface area contributed by atoms with E-state index < -0.39 is 6.03 Å². The summed E-state index contributed by atoms with van der Waals surface area (Å²) in [4.78, 5) is 38.5. The highest BCUT2D eigenvalue weighted by Crippen LogP contribution is 2.17. The third-order valence-electron chi connectivity index (χ3n) is 4.81. The van der Waals surface area contributed by atoms with Gasteiger partial charge in [-0.2, -0.15) is 0 Å². The van der Waals surface area contributed by atoms with Crippen LogP contribution < -0.4 is 16.0 Å². The third kappa shape index (κ3) is 6.18. The molecule has 0 saturated heterocycles. The molecule has 0 aromatic heterocycles. The summed E-state index contributed by atoms with van der Waals surface area (Å²) in [6.45, 7) is 1.91. The number of likely N-dealkylation sites (N-methyl/N-ethyl adjacent to an activating group) is 1. The third-order valence-corrected chi connectivity index (χ3v) is 4.81. The van der Waals surface area contributed by atoms with E-state index in [9.17, 15) is 14.4 Å². The summed E-state index contributed by atoms with van der Waals surface area (Å²) in [5.41, 5.74) is 3.37. The zero-order chi connectivity index (χ0) is 22.9. The van der Waals surface area contributed by atoms with Crippen molar-refractivity contribution in [3.8, 4) is 0 Å². The Balaban J connectivity index is 1.56. The maximum atomic E-state index is 12.5. The number of nitrogens with one attached hydrogen (secondary N) is 3. The van der Waals surface area contributed by atoms with E-state index >= 15 is 0 Å². The van der Waals surface area contributed by atoms with Gasteiger partial charge in [0.2, 0.25) is 5.91 Å². The largest absolute Gasteiger partial charge is 0.324 e. The molecule has 4 amide bonds. The van der Waals surface area contributed by atoms with Gasteiger partial charge in [0.15, 0.2) is 0 Å². The van der Waals surface area contributed by atoms with Crippen LogP contribution in [0.1, 0.15) is 22.8 Å². The average molecular weight is 431 g/mol. The Hall–Kier alpha value is -4.13. The lowest BCUT2D eigenvalue weighted by atomic mass is 10.1. The first kappa shape index (κ1) is 22.6. The van der Waals surface area contributed by atoms with Crippen molar-refractivity contribution in [3.63, 3.8) is 0 Å². The molecule has 0 unspecified atom stereocenters. The maximum Gasteiger partial charge on any atom is 0.322 e. The predicted molar refractivity (Wildman–Crippen MR) is 127 cm³/mol. The Labute approximate surface area is 187 Å². The molecule has 3 aromatic carbocycles. The van der Waals surface area contributed by atoms with Crippen LogP contribution in [0.2, 0.25) is 0 Å². The fraction of sp³-hybridized carbons (Fsp3) is 0.160. The first-order chi connectivity index (χ1) is 15.5. The molecule has 0 heterocycles. The van der Waals surface area contributed by atoms with Gasteiger partial charge in [-0.1, -0.05) is 49.4 Å². The second-order valence-electron chi connectivity index (χ2n) is 7.25. The monoisotopic (exact) mass is 430 g/mol. The van der Waals surface area contributed by atoms with Crippen LogP contribution in [0.15, 0.2) is 78.9 Å². The van der Waals surface area contributed by atoms with Crippen molar-refractivity contribution >= 4 is 34.9 Å². The molecule has 0 saturated carbocycles. The second kappa shape index (κ2) is 10.8. The number of urea groups is 1. The number of para-hydroxylation sites is 1. The van der Waals surface area contributed by atoms with E-state index in [0.717, 1.165) is 17.7 Å². The Morgan fingerprint density at radius 3 is 2.16 bits per heavy atom. The van der Waals surface area contributed by atoms with Crippen molar-refractivity contribution in [1.29, 1.82) is 0 Å².